The molecule has 0 radical (unpaired) electrons. The van der Waals surface area contributed by atoms with Crippen molar-refractivity contribution in [1.82, 2.24) is 9.55 Å². The summed E-state index contributed by atoms with van der Waals surface area (Å²) in [6.45, 7) is 2.15. The molecule has 0 aliphatic heterocycles. The second-order valence-electron chi connectivity index (χ2n) is 9.90. The zero-order valence-electron chi connectivity index (χ0n) is 21.9. The summed E-state index contributed by atoms with van der Waals surface area (Å²) >= 11 is 3.54. The second-order valence-corrected chi connectivity index (χ2v) is 10.8. The van der Waals surface area contributed by atoms with Crippen molar-refractivity contribution in [2.24, 2.45) is 0 Å². The van der Waals surface area contributed by atoms with Gasteiger partial charge in [-0.15, -0.1) is 0 Å². The van der Waals surface area contributed by atoms with Crippen LogP contribution in [0.4, 0.5) is 0 Å². The van der Waals surface area contributed by atoms with Gasteiger partial charge in [-0.3, -0.25) is 4.57 Å². The molecule has 4 heteroatoms. The molecule has 7 rings (SSSR count). The first-order chi connectivity index (χ1) is 19.6. The number of hydrogen-bond donors (Lipinski definition) is 0. The van der Waals surface area contributed by atoms with Gasteiger partial charge in [0.15, 0.2) is 0 Å². The maximum absolute atomic E-state index is 6.28. The van der Waals surface area contributed by atoms with Crippen LogP contribution in [0.25, 0.3) is 49.9 Å². The molecule has 0 unspecified atom stereocenters. The third kappa shape index (κ3) is 4.47. The molecule has 0 saturated carbocycles. The minimum Gasteiger partial charge on any atom is -0.457 e. The van der Waals surface area contributed by atoms with Crippen LogP contribution in [0, 0.1) is 6.92 Å². The molecule has 0 aliphatic carbocycles. The average molecular weight is 582 g/mol. The summed E-state index contributed by atoms with van der Waals surface area (Å²) in [6, 6.07) is 44.0. The predicted molar refractivity (Wildman–Crippen MR) is 168 cm³/mol. The topological polar surface area (TPSA) is 27.1 Å². The summed E-state index contributed by atoms with van der Waals surface area (Å²) in [4.78, 5) is 4.98. The first-order valence-corrected chi connectivity index (χ1v) is 14.0. The highest BCUT2D eigenvalue weighted by molar-refractivity contribution is 9.10. The Labute approximate surface area is 241 Å². The summed E-state index contributed by atoms with van der Waals surface area (Å²) in [5.74, 6) is 2.43. The number of fused-ring (bicyclic) bond motifs is 3. The highest BCUT2D eigenvalue weighted by atomic mass is 79.9. The van der Waals surface area contributed by atoms with E-state index in [0.29, 0.717) is 0 Å². The fourth-order valence-electron chi connectivity index (χ4n) is 5.37. The molecule has 0 amide bonds. The molecule has 0 N–H and O–H groups in total. The molecule has 0 fully saturated rings. The van der Waals surface area contributed by atoms with E-state index in [-0.39, 0.29) is 0 Å². The van der Waals surface area contributed by atoms with Crippen LogP contribution in [0.2, 0.25) is 0 Å². The van der Waals surface area contributed by atoms with E-state index in [4.69, 9.17) is 9.72 Å². The maximum atomic E-state index is 6.28. The first kappa shape index (κ1) is 24.4. The van der Waals surface area contributed by atoms with Crippen LogP contribution in [0.3, 0.4) is 0 Å². The van der Waals surface area contributed by atoms with Crippen LogP contribution in [-0.4, -0.2) is 9.55 Å². The molecule has 0 spiro atoms. The molecule has 3 nitrogen and oxygen atoms in total. The number of nitrogens with zero attached hydrogens (tertiary/aromatic N) is 2. The lowest BCUT2D eigenvalue weighted by Gasteiger charge is -2.12. The van der Waals surface area contributed by atoms with Gasteiger partial charge in [0.05, 0.1) is 11.0 Å². The third-order valence-electron chi connectivity index (χ3n) is 7.29. The molecule has 5 aromatic carbocycles. The Balaban J connectivity index is 1.43. The SMILES string of the molecule is Cc1cc(-n2c3ccc(-c4ccccc4)cc3c3ccc(Oc4cccc(Br)c4)cc32)ncc1-c1ccccc1. The minimum atomic E-state index is 0.774. The van der Waals surface area contributed by atoms with Crippen LogP contribution in [0.15, 0.2) is 138 Å². The lowest BCUT2D eigenvalue weighted by molar-refractivity contribution is 0.483. The Morgan fingerprint density at radius 3 is 2.10 bits per heavy atom. The number of rotatable bonds is 5. The smallest absolute Gasteiger partial charge is 0.137 e. The molecule has 7 aromatic rings. The average Bonchev–Trinajstić information content (AvgIpc) is 3.31. The van der Waals surface area contributed by atoms with E-state index >= 15 is 0 Å². The van der Waals surface area contributed by atoms with E-state index in [0.717, 1.165) is 43.8 Å². The molecule has 0 aliphatic rings. The molecular formula is C36H25BrN2O. The van der Waals surface area contributed by atoms with Gasteiger partial charge in [0.2, 0.25) is 0 Å². The molecule has 192 valence electrons. The van der Waals surface area contributed by atoms with Gasteiger partial charge in [0.25, 0.3) is 0 Å². The number of halogens is 1. The molecule has 2 aromatic heterocycles. The normalized spacial score (nSPS) is 11.2. The zero-order valence-corrected chi connectivity index (χ0v) is 23.5. The molecule has 40 heavy (non-hydrogen) atoms. The van der Waals surface area contributed by atoms with Crippen molar-refractivity contribution in [3.05, 3.63) is 144 Å². The van der Waals surface area contributed by atoms with Crippen molar-refractivity contribution in [1.29, 1.82) is 0 Å². The third-order valence-corrected chi connectivity index (χ3v) is 7.78. The van der Waals surface area contributed by atoms with Crippen LogP contribution in [-0.2, 0) is 0 Å². The Morgan fingerprint density at radius 1 is 0.600 bits per heavy atom. The monoisotopic (exact) mass is 580 g/mol. The van der Waals surface area contributed by atoms with Crippen molar-refractivity contribution in [3.8, 4) is 39.6 Å². The highest BCUT2D eigenvalue weighted by Crippen LogP contribution is 2.38. The summed E-state index contributed by atoms with van der Waals surface area (Å²) < 4.78 is 9.51. The summed E-state index contributed by atoms with van der Waals surface area (Å²) in [7, 11) is 0. The number of hydrogen-bond acceptors (Lipinski definition) is 2. The first-order valence-electron chi connectivity index (χ1n) is 13.2. The van der Waals surface area contributed by atoms with Crippen molar-refractivity contribution in [2.45, 2.75) is 6.92 Å². The largest absolute Gasteiger partial charge is 0.457 e. The van der Waals surface area contributed by atoms with Gasteiger partial charge in [-0.05, 0) is 77.7 Å². The Morgan fingerprint density at radius 2 is 1.35 bits per heavy atom. The van der Waals surface area contributed by atoms with E-state index in [1.165, 1.54) is 27.6 Å². The van der Waals surface area contributed by atoms with Crippen molar-refractivity contribution < 1.29 is 4.74 Å². The summed E-state index contributed by atoms with van der Waals surface area (Å²) in [5, 5.41) is 2.33. The van der Waals surface area contributed by atoms with Crippen molar-refractivity contribution in [3.63, 3.8) is 0 Å². The number of aromatic nitrogens is 2. The van der Waals surface area contributed by atoms with E-state index in [2.05, 4.69) is 112 Å². The molecular weight excluding hydrogens is 556 g/mol. The van der Waals surface area contributed by atoms with Gasteiger partial charge < -0.3 is 4.74 Å². The van der Waals surface area contributed by atoms with Crippen molar-refractivity contribution >= 4 is 37.7 Å². The molecule has 2 heterocycles. The quantitative estimate of drug-likeness (QED) is 0.202. The van der Waals surface area contributed by atoms with E-state index < -0.39 is 0 Å². The zero-order chi connectivity index (χ0) is 27.1. The lowest BCUT2D eigenvalue weighted by atomic mass is 10.0. The van der Waals surface area contributed by atoms with Gasteiger partial charge in [0.1, 0.15) is 17.3 Å². The molecule has 0 atom stereocenters. The fraction of sp³-hybridized carbons (Fsp3) is 0.0278. The van der Waals surface area contributed by atoms with E-state index in [1.807, 2.05) is 48.7 Å². The highest BCUT2D eigenvalue weighted by Gasteiger charge is 2.16. The molecule has 0 saturated heterocycles. The summed E-state index contributed by atoms with van der Waals surface area (Å²) in [6.07, 6.45) is 1.98. The van der Waals surface area contributed by atoms with Crippen LogP contribution < -0.4 is 4.74 Å². The number of aryl methyl sites for hydroxylation is 1. The van der Waals surface area contributed by atoms with E-state index in [1.54, 1.807) is 0 Å². The van der Waals surface area contributed by atoms with Crippen LogP contribution >= 0.6 is 15.9 Å². The second kappa shape index (κ2) is 10.1. The van der Waals surface area contributed by atoms with Gasteiger partial charge in [-0.1, -0.05) is 88.7 Å². The number of benzene rings is 5. The standard InChI is InChI=1S/C36H25BrN2O/c1-24-19-36(38-23-33(24)26-11-6-3-7-12-26)39-34-18-15-27(25-9-4-2-5-10-25)20-32(34)31-17-16-30(22-35(31)39)40-29-14-8-13-28(37)21-29/h2-23H,1H3. The van der Waals surface area contributed by atoms with Gasteiger partial charge in [0, 0.05) is 33.1 Å². The fourth-order valence-corrected chi connectivity index (χ4v) is 5.75. The molecule has 0 bridgehead atoms. The van der Waals surface area contributed by atoms with Gasteiger partial charge >= 0.3 is 0 Å². The van der Waals surface area contributed by atoms with Crippen LogP contribution in [0.1, 0.15) is 5.56 Å². The minimum absolute atomic E-state index is 0.774. The van der Waals surface area contributed by atoms with Gasteiger partial charge in [-0.25, -0.2) is 4.98 Å². The number of pyridine rings is 1. The van der Waals surface area contributed by atoms with Crippen molar-refractivity contribution in [2.75, 3.05) is 0 Å². The number of ether oxygens (including phenoxy) is 1. The summed E-state index contributed by atoms with van der Waals surface area (Å²) in [5.41, 5.74) is 8.01. The Kier molecular flexibility index (Phi) is 6.18. The Bertz CT molecular complexity index is 2000. The van der Waals surface area contributed by atoms with Gasteiger partial charge in [-0.2, -0.15) is 0 Å². The van der Waals surface area contributed by atoms with Crippen LogP contribution in [0.5, 0.6) is 11.5 Å². The lowest BCUT2D eigenvalue weighted by Crippen LogP contribution is -1.99. The predicted octanol–water partition coefficient (Wildman–Crippen LogP) is 10.4. The van der Waals surface area contributed by atoms with E-state index in [9.17, 15) is 0 Å². The Hall–Kier alpha value is -4.67. The maximum Gasteiger partial charge on any atom is 0.137 e.